The highest BCUT2D eigenvalue weighted by Crippen LogP contribution is 2.23. The highest BCUT2D eigenvalue weighted by molar-refractivity contribution is 7.15. The Labute approximate surface area is 140 Å². The normalized spacial score (nSPS) is 11.0. The average Bonchev–Trinajstić information content (AvgIpc) is 3.23. The first-order valence-electron chi connectivity index (χ1n) is 6.95. The number of benzene rings is 1. The van der Waals surface area contributed by atoms with Gasteiger partial charge in [-0.1, -0.05) is 12.1 Å². The third-order valence-electron chi connectivity index (χ3n) is 3.38. The maximum Gasteiger partial charge on any atom is 0.275 e. The number of amides is 1. The average molecular weight is 340 g/mol. The van der Waals surface area contributed by atoms with Crippen molar-refractivity contribution >= 4 is 39.2 Å². The molecule has 0 atom stereocenters. The second kappa shape index (κ2) is 5.60. The summed E-state index contributed by atoms with van der Waals surface area (Å²) in [5.41, 5.74) is 3.13. The molecule has 23 heavy (non-hydrogen) atoms. The van der Waals surface area contributed by atoms with Gasteiger partial charge in [-0.15, -0.1) is 22.7 Å². The van der Waals surface area contributed by atoms with Crippen molar-refractivity contribution in [3.05, 3.63) is 58.1 Å². The van der Waals surface area contributed by atoms with E-state index in [1.54, 1.807) is 16.7 Å². The monoisotopic (exact) mass is 340 g/mol. The zero-order valence-corrected chi connectivity index (χ0v) is 13.8. The van der Waals surface area contributed by atoms with Gasteiger partial charge in [0.15, 0.2) is 4.96 Å². The van der Waals surface area contributed by atoms with Crippen LogP contribution in [-0.4, -0.2) is 20.3 Å². The summed E-state index contributed by atoms with van der Waals surface area (Å²) < 4.78 is 2.00. The number of aromatic nitrogens is 3. The van der Waals surface area contributed by atoms with Crippen molar-refractivity contribution in [1.29, 1.82) is 0 Å². The van der Waals surface area contributed by atoms with Gasteiger partial charge in [-0.3, -0.25) is 9.20 Å². The predicted octanol–water partition coefficient (Wildman–Crippen LogP) is 4.08. The van der Waals surface area contributed by atoms with E-state index in [9.17, 15) is 4.79 Å². The third kappa shape index (κ3) is 2.76. The van der Waals surface area contributed by atoms with Gasteiger partial charge in [0.2, 0.25) is 0 Å². The van der Waals surface area contributed by atoms with Crippen LogP contribution in [0, 0.1) is 6.92 Å². The van der Waals surface area contributed by atoms with Crippen molar-refractivity contribution in [1.82, 2.24) is 14.4 Å². The smallest absolute Gasteiger partial charge is 0.275 e. The van der Waals surface area contributed by atoms with Gasteiger partial charge >= 0.3 is 0 Å². The van der Waals surface area contributed by atoms with Gasteiger partial charge in [0.05, 0.1) is 10.7 Å². The minimum absolute atomic E-state index is 0.190. The van der Waals surface area contributed by atoms with E-state index in [2.05, 4.69) is 15.3 Å². The number of rotatable bonds is 3. The molecule has 0 radical (unpaired) electrons. The van der Waals surface area contributed by atoms with Crippen molar-refractivity contribution in [2.45, 2.75) is 6.92 Å². The van der Waals surface area contributed by atoms with Crippen LogP contribution in [0.3, 0.4) is 0 Å². The number of aryl methyl sites for hydroxylation is 1. The molecule has 0 saturated carbocycles. The number of fused-ring (bicyclic) bond motifs is 1. The fourth-order valence-electron chi connectivity index (χ4n) is 2.25. The molecule has 0 saturated heterocycles. The summed E-state index contributed by atoms with van der Waals surface area (Å²) in [5, 5.41) is 7.50. The van der Waals surface area contributed by atoms with Crippen LogP contribution >= 0.6 is 22.7 Å². The van der Waals surface area contributed by atoms with Gasteiger partial charge < -0.3 is 5.32 Å². The maximum absolute atomic E-state index is 12.1. The van der Waals surface area contributed by atoms with Crippen LogP contribution in [0.15, 0.2) is 47.4 Å². The number of hydrogen-bond donors (Lipinski definition) is 1. The number of nitrogens with one attached hydrogen (secondary N) is 1. The summed E-state index contributed by atoms with van der Waals surface area (Å²) in [6, 6.07) is 7.66. The predicted molar refractivity (Wildman–Crippen MR) is 93.3 cm³/mol. The molecule has 0 aliphatic heterocycles. The first-order valence-corrected chi connectivity index (χ1v) is 8.71. The molecule has 0 aliphatic carbocycles. The Morgan fingerprint density at radius 3 is 2.70 bits per heavy atom. The fraction of sp³-hybridized carbons (Fsp3) is 0.0625. The Hall–Kier alpha value is -2.51. The maximum atomic E-state index is 12.1. The van der Waals surface area contributed by atoms with Crippen molar-refractivity contribution in [2.24, 2.45) is 0 Å². The molecule has 0 fully saturated rings. The SMILES string of the molecule is Cc1nc(C(=O)Nc2ccc(-c3cn4ccsc4n3)cc2)cs1. The molecular weight excluding hydrogens is 328 g/mol. The number of nitrogens with zero attached hydrogens (tertiary/aromatic N) is 3. The van der Waals surface area contributed by atoms with Gasteiger partial charge in [-0.05, 0) is 19.1 Å². The summed E-state index contributed by atoms with van der Waals surface area (Å²) in [5.74, 6) is -0.190. The Bertz CT molecular complexity index is 953. The van der Waals surface area contributed by atoms with Crippen LogP contribution in [0.5, 0.6) is 0 Å². The van der Waals surface area contributed by atoms with E-state index in [0.29, 0.717) is 5.69 Å². The molecule has 4 aromatic rings. The molecule has 0 spiro atoms. The molecule has 0 bridgehead atoms. The second-order valence-corrected chi connectivity index (χ2v) is 6.94. The Morgan fingerprint density at radius 2 is 2.00 bits per heavy atom. The molecule has 3 heterocycles. The van der Waals surface area contributed by atoms with Gasteiger partial charge in [-0.25, -0.2) is 9.97 Å². The van der Waals surface area contributed by atoms with Crippen molar-refractivity contribution in [3.8, 4) is 11.3 Å². The molecule has 0 aliphatic rings. The van der Waals surface area contributed by atoms with E-state index in [-0.39, 0.29) is 5.91 Å². The Kier molecular flexibility index (Phi) is 3.44. The molecule has 1 aromatic carbocycles. The van der Waals surface area contributed by atoms with Crippen molar-refractivity contribution < 1.29 is 4.79 Å². The topological polar surface area (TPSA) is 59.3 Å². The second-order valence-electron chi connectivity index (χ2n) is 5.00. The van der Waals surface area contributed by atoms with Gasteiger partial charge in [0, 0.05) is 34.4 Å². The van der Waals surface area contributed by atoms with E-state index < -0.39 is 0 Å². The number of hydrogen-bond acceptors (Lipinski definition) is 5. The largest absolute Gasteiger partial charge is 0.321 e. The lowest BCUT2D eigenvalue weighted by atomic mass is 10.1. The van der Waals surface area contributed by atoms with Crippen LogP contribution in [-0.2, 0) is 0 Å². The van der Waals surface area contributed by atoms with Crippen molar-refractivity contribution in [3.63, 3.8) is 0 Å². The highest BCUT2D eigenvalue weighted by Gasteiger charge is 2.10. The van der Waals surface area contributed by atoms with Crippen LogP contribution in [0.4, 0.5) is 5.69 Å². The molecule has 5 nitrogen and oxygen atoms in total. The first kappa shape index (κ1) is 14.1. The van der Waals surface area contributed by atoms with Crippen LogP contribution < -0.4 is 5.32 Å². The molecule has 1 amide bonds. The highest BCUT2D eigenvalue weighted by atomic mass is 32.1. The minimum atomic E-state index is -0.190. The summed E-state index contributed by atoms with van der Waals surface area (Å²) in [4.78, 5) is 21.8. The van der Waals surface area contributed by atoms with Crippen LogP contribution in [0.25, 0.3) is 16.2 Å². The minimum Gasteiger partial charge on any atom is -0.321 e. The molecule has 114 valence electrons. The van der Waals surface area contributed by atoms with E-state index in [1.807, 2.05) is 53.4 Å². The fourth-order valence-corrected chi connectivity index (χ4v) is 3.55. The number of carbonyl (C=O) groups is 1. The van der Waals surface area contributed by atoms with E-state index in [1.165, 1.54) is 11.3 Å². The number of thiazole rings is 2. The van der Waals surface area contributed by atoms with Gasteiger partial charge in [0.25, 0.3) is 5.91 Å². The summed E-state index contributed by atoms with van der Waals surface area (Å²) in [6.45, 7) is 1.88. The number of anilines is 1. The summed E-state index contributed by atoms with van der Waals surface area (Å²) in [6.07, 6.45) is 3.98. The van der Waals surface area contributed by atoms with Crippen LogP contribution in [0.2, 0.25) is 0 Å². The molecule has 0 unspecified atom stereocenters. The first-order chi connectivity index (χ1) is 11.2. The lowest BCUT2D eigenvalue weighted by Gasteiger charge is -2.04. The summed E-state index contributed by atoms with van der Waals surface area (Å²) in [7, 11) is 0. The van der Waals surface area contributed by atoms with Crippen LogP contribution in [0.1, 0.15) is 15.5 Å². The zero-order valence-electron chi connectivity index (χ0n) is 12.2. The number of carbonyl (C=O) groups excluding carboxylic acids is 1. The zero-order chi connectivity index (χ0) is 15.8. The standard InChI is InChI=1S/C16H12N4OS2/c1-10-17-14(9-23-10)15(21)18-12-4-2-11(3-5-12)13-8-20-6-7-22-16(20)19-13/h2-9H,1H3,(H,18,21). The third-order valence-corrected chi connectivity index (χ3v) is 4.93. The Balaban J connectivity index is 1.53. The lowest BCUT2D eigenvalue weighted by molar-refractivity contribution is 0.102. The summed E-state index contributed by atoms with van der Waals surface area (Å²) >= 11 is 3.07. The van der Waals surface area contributed by atoms with Crippen molar-refractivity contribution in [2.75, 3.05) is 5.32 Å². The quantitative estimate of drug-likeness (QED) is 0.611. The van der Waals surface area contributed by atoms with Gasteiger partial charge in [-0.2, -0.15) is 0 Å². The molecule has 7 heteroatoms. The van der Waals surface area contributed by atoms with Gasteiger partial charge in [0.1, 0.15) is 5.69 Å². The molecule has 1 N–H and O–H groups in total. The van der Waals surface area contributed by atoms with E-state index in [4.69, 9.17) is 0 Å². The molecular formula is C16H12N4OS2. The molecule has 4 rings (SSSR count). The van der Waals surface area contributed by atoms with E-state index in [0.717, 1.165) is 26.9 Å². The lowest BCUT2D eigenvalue weighted by Crippen LogP contribution is -2.12. The van der Waals surface area contributed by atoms with E-state index >= 15 is 0 Å². The molecule has 3 aromatic heterocycles. The number of imidazole rings is 1. The Morgan fingerprint density at radius 1 is 1.17 bits per heavy atom.